The highest BCUT2D eigenvalue weighted by Crippen LogP contribution is 2.36. The predicted octanol–water partition coefficient (Wildman–Crippen LogP) is 1.12. The number of ether oxygens (including phenoxy) is 2. The van der Waals surface area contributed by atoms with E-state index in [-0.39, 0.29) is 17.9 Å². The summed E-state index contributed by atoms with van der Waals surface area (Å²) in [6.07, 6.45) is 8.31. The van der Waals surface area contributed by atoms with Crippen LogP contribution in [-0.4, -0.2) is 31.0 Å². The van der Waals surface area contributed by atoms with Crippen molar-refractivity contribution < 1.29 is 9.47 Å². The molecular weight excluding hydrogens is 218 g/mol. The lowest BCUT2D eigenvalue weighted by atomic mass is 9.96. The van der Waals surface area contributed by atoms with Crippen molar-refractivity contribution in [3.05, 3.63) is 0 Å². The van der Waals surface area contributed by atoms with Crippen LogP contribution in [-0.2, 0) is 9.47 Å². The fourth-order valence-electron chi connectivity index (χ4n) is 2.62. The summed E-state index contributed by atoms with van der Waals surface area (Å²) in [6, 6.07) is 0. The van der Waals surface area contributed by atoms with E-state index in [1.54, 1.807) is 0 Å². The lowest BCUT2D eigenvalue weighted by Crippen LogP contribution is -2.32. The van der Waals surface area contributed by atoms with Crippen molar-refractivity contribution in [2.24, 2.45) is 16.5 Å². The summed E-state index contributed by atoms with van der Waals surface area (Å²) in [5.74, 6) is -0.225. The zero-order valence-electron chi connectivity index (χ0n) is 10.4. The van der Waals surface area contributed by atoms with Crippen molar-refractivity contribution in [1.82, 2.24) is 0 Å². The third-order valence-corrected chi connectivity index (χ3v) is 3.51. The molecule has 0 aromatic carbocycles. The van der Waals surface area contributed by atoms with Crippen LogP contribution in [0.5, 0.6) is 0 Å². The Hall–Kier alpha value is -0.810. The molecule has 2 rings (SSSR count). The number of rotatable bonds is 2. The third kappa shape index (κ3) is 3.57. The molecule has 1 saturated heterocycles. The molecule has 5 heteroatoms. The van der Waals surface area contributed by atoms with Gasteiger partial charge in [0, 0.05) is 12.8 Å². The number of aliphatic imine (C=N–C) groups is 1. The van der Waals surface area contributed by atoms with Crippen molar-refractivity contribution in [2.45, 2.75) is 56.8 Å². The van der Waals surface area contributed by atoms with Crippen LogP contribution in [0.25, 0.3) is 0 Å². The van der Waals surface area contributed by atoms with E-state index in [4.69, 9.17) is 20.9 Å². The molecular formula is C12H23N3O2. The normalized spacial score (nSPS) is 28.6. The molecule has 2 aliphatic rings. The fourth-order valence-corrected chi connectivity index (χ4v) is 2.62. The van der Waals surface area contributed by atoms with E-state index in [1.165, 1.54) is 32.1 Å². The van der Waals surface area contributed by atoms with Crippen molar-refractivity contribution in [3.8, 4) is 0 Å². The zero-order chi connectivity index (χ0) is 12.1. The van der Waals surface area contributed by atoms with E-state index in [0.717, 1.165) is 12.8 Å². The predicted molar refractivity (Wildman–Crippen MR) is 66.6 cm³/mol. The van der Waals surface area contributed by atoms with Crippen LogP contribution in [0.2, 0.25) is 0 Å². The second-order valence-electron chi connectivity index (χ2n) is 4.99. The molecule has 17 heavy (non-hydrogen) atoms. The molecule has 5 nitrogen and oxygen atoms in total. The SMILES string of the molecule is NC(N)=NCC1COC2(CCCCCCC2)O1. The van der Waals surface area contributed by atoms with Gasteiger partial charge >= 0.3 is 0 Å². The van der Waals surface area contributed by atoms with Crippen LogP contribution < -0.4 is 11.5 Å². The van der Waals surface area contributed by atoms with Crippen LogP contribution in [0.15, 0.2) is 4.99 Å². The molecule has 98 valence electrons. The molecule has 0 aromatic heterocycles. The van der Waals surface area contributed by atoms with Crippen LogP contribution in [0, 0.1) is 0 Å². The Labute approximate surface area is 103 Å². The average Bonchev–Trinajstić information content (AvgIpc) is 2.66. The Morgan fingerprint density at radius 1 is 1.12 bits per heavy atom. The summed E-state index contributed by atoms with van der Waals surface area (Å²) in [7, 11) is 0. The van der Waals surface area contributed by atoms with E-state index < -0.39 is 0 Å². The third-order valence-electron chi connectivity index (χ3n) is 3.51. The van der Waals surface area contributed by atoms with Crippen molar-refractivity contribution in [1.29, 1.82) is 0 Å². The lowest BCUT2D eigenvalue weighted by Gasteiger charge is -2.29. The average molecular weight is 241 g/mol. The highest BCUT2D eigenvalue weighted by molar-refractivity contribution is 5.75. The molecule has 0 radical (unpaired) electrons. The lowest BCUT2D eigenvalue weighted by molar-refractivity contribution is -0.180. The Balaban J connectivity index is 1.87. The smallest absolute Gasteiger partial charge is 0.186 e. The van der Waals surface area contributed by atoms with Crippen LogP contribution in [0.1, 0.15) is 44.9 Å². The largest absolute Gasteiger partial charge is 0.370 e. The minimum atomic E-state index is -0.343. The molecule has 1 aliphatic carbocycles. The van der Waals surface area contributed by atoms with E-state index in [2.05, 4.69) is 4.99 Å². The first-order valence-corrected chi connectivity index (χ1v) is 6.57. The first kappa shape index (κ1) is 12.6. The molecule has 1 spiro atoms. The van der Waals surface area contributed by atoms with E-state index >= 15 is 0 Å². The molecule has 1 saturated carbocycles. The van der Waals surface area contributed by atoms with Gasteiger partial charge in [-0.05, 0) is 12.8 Å². The molecule has 1 aliphatic heterocycles. The summed E-state index contributed by atoms with van der Waals surface area (Å²) in [5, 5.41) is 0. The summed E-state index contributed by atoms with van der Waals surface area (Å²) >= 11 is 0. The number of hydrogen-bond acceptors (Lipinski definition) is 3. The fraction of sp³-hybridized carbons (Fsp3) is 0.917. The minimum absolute atomic E-state index is 0.0107. The molecule has 0 aromatic rings. The Bertz CT molecular complexity index is 269. The highest BCUT2D eigenvalue weighted by Gasteiger charge is 2.40. The van der Waals surface area contributed by atoms with Gasteiger partial charge in [0.1, 0.15) is 6.10 Å². The van der Waals surface area contributed by atoms with Gasteiger partial charge in [0.2, 0.25) is 0 Å². The second-order valence-corrected chi connectivity index (χ2v) is 4.99. The van der Waals surface area contributed by atoms with Gasteiger partial charge in [0.25, 0.3) is 0 Å². The van der Waals surface area contributed by atoms with Gasteiger partial charge in [0.15, 0.2) is 11.7 Å². The molecule has 1 heterocycles. The van der Waals surface area contributed by atoms with E-state index in [0.29, 0.717) is 13.2 Å². The monoisotopic (exact) mass is 241 g/mol. The summed E-state index contributed by atoms with van der Waals surface area (Å²) in [6.45, 7) is 1.11. The van der Waals surface area contributed by atoms with Crippen molar-refractivity contribution in [3.63, 3.8) is 0 Å². The summed E-state index contributed by atoms with van der Waals surface area (Å²) in [5.41, 5.74) is 10.6. The number of nitrogens with two attached hydrogens (primary N) is 2. The van der Waals surface area contributed by atoms with Crippen LogP contribution >= 0.6 is 0 Å². The first-order chi connectivity index (χ1) is 8.20. The molecule has 2 fully saturated rings. The van der Waals surface area contributed by atoms with Gasteiger partial charge in [0.05, 0.1) is 13.2 Å². The topological polar surface area (TPSA) is 82.9 Å². The van der Waals surface area contributed by atoms with Crippen molar-refractivity contribution >= 4 is 5.96 Å². The maximum Gasteiger partial charge on any atom is 0.186 e. The summed E-state index contributed by atoms with van der Waals surface area (Å²) < 4.78 is 11.9. The molecule has 0 amide bonds. The zero-order valence-corrected chi connectivity index (χ0v) is 10.4. The van der Waals surface area contributed by atoms with Gasteiger partial charge in [-0.15, -0.1) is 0 Å². The van der Waals surface area contributed by atoms with Crippen molar-refractivity contribution in [2.75, 3.05) is 13.2 Å². The van der Waals surface area contributed by atoms with Gasteiger partial charge in [-0.2, -0.15) is 0 Å². The quantitative estimate of drug-likeness (QED) is 0.560. The van der Waals surface area contributed by atoms with Crippen LogP contribution in [0.4, 0.5) is 0 Å². The maximum atomic E-state index is 6.04. The molecule has 0 bridgehead atoms. The Kier molecular flexibility index (Phi) is 4.23. The summed E-state index contributed by atoms with van der Waals surface area (Å²) in [4.78, 5) is 3.99. The highest BCUT2D eigenvalue weighted by atomic mass is 16.7. The van der Waals surface area contributed by atoms with Gasteiger partial charge < -0.3 is 20.9 Å². The standard InChI is InChI=1S/C12H23N3O2/c13-11(14)15-8-10-9-16-12(17-10)6-4-2-1-3-5-7-12/h10H,1-9H2,(H4,13,14,15). The Morgan fingerprint density at radius 2 is 1.76 bits per heavy atom. The van der Waals surface area contributed by atoms with Gasteiger partial charge in [-0.3, -0.25) is 4.99 Å². The maximum absolute atomic E-state index is 6.04. The number of nitrogens with zero attached hydrogens (tertiary/aromatic N) is 1. The second kappa shape index (κ2) is 5.69. The minimum Gasteiger partial charge on any atom is -0.370 e. The molecule has 1 atom stereocenters. The van der Waals surface area contributed by atoms with E-state index in [1.807, 2.05) is 0 Å². The van der Waals surface area contributed by atoms with Crippen LogP contribution in [0.3, 0.4) is 0 Å². The first-order valence-electron chi connectivity index (χ1n) is 6.57. The number of guanidine groups is 1. The molecule has 1 unspecified atom stereocenters. The van der Waals surface area contributed by atoms with Gasteiger partial charge in [-0.1, -0.05) is 19.3 Å². The number of hydrogen-bond donors (Lipinski definition) is 2. The molecule has 4 N–H and O–H groups in total. The Morgan fingerprint density at radius 3 is 2.41 bits per heavy atom. The van der Waals surface area contributed by atoms with Gasteiger partial charge in [-0.25, -0.2) is 0 Å². The van der Waals surface area contributed by atoms with E-state index in [9.17, 15) is 0 Å².